The van der Waals surface area contributed by atoms with Crippen molar-refractivity contribution in [3.05, 3.63) is 30.1 Å². The highest BCUT2D eigenvalue weighted by atomic mass is 32.2. The van der Waals surface area contributed by atoms with E-state index in [4.69, 9.17) is 5.11 Å². The summed E-state index contributed by atoms with van der Waals surface area (Å²) in [5.41, 5.74) is 0. The quantitative estimate of drug-likeness (QED) is 0.726. The number of carbonyl (C=O) groups is 1. The van der Waals surface area contributed by atoms with E-state index in [0.717, 1.165) is 11.3 Å². The Morgan fingerprint density at radius 3 is 2.60 bits per heavy atom. The summed E-state index contributed by atoms with van der Waals surface area (Å²) in [6.45, 7) is 3.94. The summed E-state index contributed by atoms with van der Waals surface area (Å²) < 4.78 is 12.8. The molecular weight excluding hydrogens is 277 g/mol. The molecule has 20 heavy (non-hydrogen) atoms. The molecule has 0 heterocycles. The summed E-state index contributed by atoms with van der Waals surface area (Å²) in [5, 5.41) is 11.8. The molecule has 2 unspecified atom stereocenters. The molecule has 0 aliphatic heterocycles. The summed E-state index contributed by atoms with van der Waals surface area (Å²) in [7, 11) is 0. The van der Waals surface area contributed by atoms with Crippen LogP contribution in [0.5, 0.6) is 0 Å². The van der Waals surface area contributed by atoms with Gasteiger partial charge in [0.05, 0.1) is 0 Å². The lowest BCUT2D eigenvalue weighted by atomic mass is 10.1. The van der Waals surface area contributed by atoms with Gasteiger partial charge in [0, 0.05) is 29.2 Å². The van der Waals surface area contributed by atoms with E-state index in [-0.39, 0.29) is 30.3 Å². The fourth-order valence-corrected chi connectivity index (χ4v) is 2.63. The normalized spacial score (nSPS) is 13.8. The maximum absolute atomic E-state index is 12.8. The number of aliphatic hydroxyl groups excluding tert-OH is 1. The third-order valence-corrected chi connectivity index (χ3v) is 4.35. The Hall–Kier alpha value is -1.07. The average molecular weight is 299 g/mol. The molecule has 2 N–H and O–H groups in total. The van der Waals surface area contributed by atoms with Gasteiger partial charge in [-0.05, 0) is 37.1 Å². The highest BCUT2D eigenvalue weighted by Crippen LogP contribution is 2.21. The lowest BCUT2D eigenvalue weighted by Crippen LogP contribution is -2.39. The number of hydrogen-bond acceptors (Lipinski definition) is 3. The maximum Gasteiger partial charge on any atom is 0.223 e. The molecule has 3 nitrogen and oxygen atoms in total. The monoisotopic (exact) mass is 299 g/mol. The first-order valence-corrected chi connectivity index (χ1v) is 7.85. The molecular formula is C15H22FNO2S. The smallest absolute Gasteiger partial charge is 0.223 e. The fourth-order valence-electron chi connectivity index (χ4n) is 1.71. The van der Waals surface area contributed by atoms with Crippen LogP contribution in [0.15, 0.2) is 29.2 Å². The van der Waals surface area contributed by atoms with Crippen molar-refractivity contribution in [2.75, 3.05) is 12.4 Å². The first kappa shape index (κ1) is 17.0. The maximum atomic E-state index is 12.8. The van der Waals surface area contributed by atoms with E-state index >= 15 is 0 Å². The number of benzene rings is 1. The molecule has 0 fully saturated rings. The Balaban J connectivity index is 2.39. The highest BCUT2D eigenvalue weighted by Gasteiger charge is 2.16. The van der Waals surface area contributed by atoms with Crippen LogP contribution in [-0.4, -0.2) is 29.4 Å². The van der Waals surface area contributed by atoms with Gasteiger partial charge in [0.2, 0.25) is 5.91 Å². The van der Waals surface area contributed by atoms with Crippen LogP contribution in [0.3, 0.4) is 0 Å². The van der Waals surface area contributed by atoms with Crippen molar-refractivity contribution < 1.29 is 14.3 Å². The van der Waals surface area contributed by atoms with Crippen molar-refractivity contribution >= 4 is 17.7 Å². The van der Waals surface area contributed by atoms with Crippen LogP contribution in [-0.2, 0) is 4.79 Å². The number of halogens is 1. The molecule has 2 atom stereocenters. The number of rotatable bonds is 8. The summed E-state index contributed by atoms with van der Waals surface area (Å²) in [5.74, 6) is 0.264. The highest BCUT2D eigenvalue weighted by molar-refractivity contribution is 7.99. The molecule has 112 valence electrons. The van der Waals surface area contributed by atoms with Crippen LogP contribution >= 0.6 is 11.8 Å². The number of carbonyl (C=O) groups excluding carboxylic acids is 1. The van der Waals surface area contributed by atoms with E-state index in [1.165, 1.54) is 23.9 Å². The molecule has 1 aromatic rings. The van der Waals surface area contributed by atoms with Crippen LogP contribution in [0.2, 0.25) is 0 Å². The molecule has 0 saturated heterocycles. The van der Waals surface area contributed by atoms with Gasteiger partial charge in [-0.15, -0.1) is 11.8 Å². The largest absolute Gasteiger partial charge is 0.396 e. The lowest BCUT2D eigenvalue weighted by Gasteiger charge is -2.19. The molecule has 0 aliphatic carbocycles. The minimum absolute atomic E-state index is 0.0000818. The van der Waals surface area contributed by atoms with E-state index in [1.807, 2.05) is 13.8 Å². The number of thioether (sulfide) groups is 1. The average Bonchev–Trinajstić information content (AvgIpc) is 2.45. The number of nitrogens with one attached hydrogen (secondary N) is 1. The Kier molecular flexibility index (Phi) is 7.62. The first-order chi connectivity index (χ1) is 9.56. The van der Waals surface area contributed by atoms with E-state index in [9.17, 15) is 9.18 Å². The Morgan fingerprint density at radius 2 is 2.05 bits per heavy atom. The lowest BCUT2D eigenvalue weighted by molar-refractivity contribution is -0.124. The third kappa shape index (κ3) is 5.92. The van der Waals surface area contributed by atoms with Crippen molar-refractivity contribution in [3.8, 4) is 0 Å². The van der Waals surface area contributed by atoms with Gasteiger partial charge in [0.15, 0.2) is 0 Å². The molecule has 1 amide bonds. The minimum atomic E-state index is -0.255. The SMILES string of the molecule is CCC(CCO)NC(=O)C(C)CSc1ccc(F)cc1. The molecule has 1 aromatic carbocycles. The molecule has 0 spiro atoms. The molecule has 0 aliphatic rings. The Bertz CT molecular complexity index is 411. The molecule has 0 aromatic heterocycles. The van der Waals surface area contributed by atoms with Crippen molar-refractivity contribution in [1.29, 1.82) is 0 Å². The van der Waals surface area contributed by atoms with Crippen LogP contribution in [0.4, 0.5) is 4.39 Å². The molecule has 0 radical (unpaired) electrons. The zero-order valence-corrected chi connectivity index (χ0v) is 12.8. The van der Waals surface area contributed by atoms with E-state index in [2.05, 4.69) is 5.32 Å². The van der Waals surface area contributed by atoms with Crippen LogP contribution < -0.4 is 5.32 Å². The fraction of sp³-hybridized carbons (Fsp3) is 0.533. The van der Waals surface area contributed by atoms with Crippen molar-refractivity contribution in [2.24, 2.45) is 5.92 Å². The van der Waals surface area contributed by atoms with Gasteiger partial charge in [-0.1, -0.05) is 13.8 Å². The van der Waals surface area contributed by atoms with Gasteiger partial charge < -0.3 is 10.4 Å². The zero-order valence-electron chi connectivity index (χ0n) is 11.9. The van der Waals surface area contributed by atoms with E-state index < -0.39 is 0 Å². The first-order valence-electron chi connectivity index (χ1n) is 6.86. The van der Waals surface area contributed by atoms with Gasteiger partial charge in [-0.25, -0.2) is 4.39 Å². The second-order valence-corrected chi connectivity index (χ2v) is 5.89. The Morgan fingerprint density at radius 1 is 1.40 bits per heavy atom. The van der Waals surface area contributed by atoms with Gasteiger partial charge >= 0.3 is 0 Å². The van der Waals surface area contributed by atoms with Gasteiger partial charge in [-0.2, -0.15) is 0 Å². The minimum Gasteiger partial charge on any atom is -0.396 e. The van der Waals surface area contributed by atoms with Gasteiger partial charge in [0.25, 0.3) is 0 Å². The summed E-state index contributed by atoms with van der Waals surface area (Å²) >= 11 is 1.54. The van der Waals surface area contributed by atoms with E-state index in [1.54, 1.807) is 12.1 Å². The van der Waals surface area contributed by atoms with Crippen LogP contribution in [0, 0.1) is 11.7 Å². The zero-order chi connectivity index (χ0) is 15.0. The van der Waals surface area contributed by atoms with Crippen molar-refractivity contribution in [2.45, 2.75) is 37.6 Å². The predicted molar refractivity (Wildman–Crippen MR) is 80.2 cm³/mol. The third-order valence-electron chi connectivity index (χ3n) is 3.08. The molecule has 5 heteroatoms. The number of aliphatic hydroxyl groups is 1. The van der Waals surface area contributed by atoms with Gasteiger partial charge in [-0.3, -0.25) is 4.79 Å². The second-order valence-electron chi connectivity index (χ2n) is 4.79. The van der Waals surface area contributed by atoms with Crippen LogP contribution in [0.1, 0.15) is 26.7 Å². The summed E-state index contributed by atoms with van der Waals surface area (Å²) in [4.78, 5) is 12.9. The number of hydrogen-bond donors (Lipinski definition) is 2. The van der Waals surface area contributed by atoms with Crippen molar-refractivity contribution in [1.82, 2.24) is 5.32 Å². The number of amides is 1. The Labute approximate surface area is 124 Å². The summed E-state index contributed by atoms with van der Waals surface area (Å²) in [6, 6.07) is 6.30. The van der Waals surface area contributed by atoms with Gasteiger partial charge in [0.1, 0.15) is 5.82 Å². The molecule has 0 bridgehead atoms. The molecule has 0 saturated carbocycles. The molecule has 1 rings (SSSR count). The topological polar surface area (TPSA) is 49.3 Å². The van der Waals surface area contributed by atoms with E-state index in [0.29, 0.717) is 12.2 Å². The van der Waals surface area contributed by atoms with Crippen molar-refractivity contribution in [3.63, 3.8) is 0 Å². The predicted octanol–water partition coefficient (Wildman–Crippen LogP) is 2.83. The standard InChI is InChI=1S/C15H22FNO2S/c1-3-13(8-9-18)17-15(19)11(2)10-20-14-6-4-12(16)5-7-14/h4-7,11,13,18H,3,8-10H2,1-2H3,(H,17,19). The van der Waals surface area contributed by atoms with Crippen LogP contribution in [0.25, 0.3) is 0 Å². The second kappa shape index (κ2) is 8.97. The summed E-state index contributed by atoms with van der Waals surface area (Å²) in [6.07, 6.45) is 1.39.